The molecule has 1 N–H and O–H groups in total. The van der Waals surface area contributed by atoms with Crippen LogP contribution in [0.15, 0.2) is 0 Å². The molecule has 3 nitrogen and oxygen atoms in total. The van der Waals surface area contributed by atoms with Gasteiger partial charge in [-0.2, -0.15) is 5.26 Å². The van der Waals surface area contributed by atoms with E-state index < -0.39 is 0 Å². The molecule has 0 saturated heterocycles. The number of unbranched alkanes of at least 4 members (excludes halogenated alkanes) is 1. The fourth-order valence-corrected chi connectivity index (χ4v) is 3.42. The van der Waals surface area contributed by atoms with Crippen LogP contribution in [0.5, 0.6) is 0 Å². The summed E-state index contributed by atoms with van der Waals surface area (Å²) in [7, 11) is 0. The minimum atomic E-state index is -0.335. The second-order valence-electron chi connectivity index (χ2n) is 6.75. The smallest absolute Gasteiger partial charge is 0.103 e. The number of rotatable bonds is 10. The third-order valence-corrected chi connectivity index (χ3v) is 4.88. The lowest BCUT2D eigenvalue weighted by molar-refractivity contribution is 0.159. The van der Waals surface area contributed by atoms with Crippen molar-refractivity contribution in [2.24, 2.45) is 0 Å². The van der Waals surface area contributed by atoms with Crippen molar-refractivity contribution in [1.29, 1.82) is 5.26 Å². The Hall–Kier alpha value is -0.590. The molecule has 1 atom stereocenters. The van der Waals surface area contributed by atoms with Crippen LogP contribution in [0.3, 0.4) is 0 Å². The van der Waals surface area contributed by atoms with Gasteiger partial charge in [-0.15, -0.1) is 0 Å². The van der Waals surface area contributed by atoms with Crippen LogP contribution in [0, 0.1) is 11.3 Å². The molecule has 0 aromatic carbocycles. The van der Waals surface area contributed by atoms with Crippen molar-refractivity contribution < 1.29 is 0 Å². The molecule has 1 aliphatic rings. The van der Waals surface area contributed by atoms with E-state index in [1.807, 2.05) is 6.92 Å². The van der Waals surface area contributed by atoms with Gasteiger partial charge in [-0.25, -0.2) is 0 Å². The Bertz CT molecular complexity index is 304. The Morgan fingerprint density at radius 2 is 1.90 bits per heavy atom. The maximum atomic E-state index is 9.35. The zero-order valence-corrected chi connectivity index (χ0v) is 14.5. The topological polar surface area (TPSA) is 39.1 Å². The van der Waals surface area contributed by atoms with E-state index in [0.29, 0.717) is 0 Å². The molecule has 0 aromatic heterocycles. The monoisotopic (exact) mass is 293 g/mol. The lowest BCUT2D eigenvalue weighted by Crippen LogP contribution is -2.41. The highest BCUT2D eigenvalue weighted by Gasteiger charge is 2.23. The van der Waals surface area contributed by atoms with Gasteiger partial charge in [-0.05, 0) is 65.1 Å². The second kappa shape index (κ2) is 10.2. The van der Waals surface area contributed by atoms with E-state index >= 15 is 0 Å². The van der Waals surface area contributed by atoms with Gasteiger partial charge in [-0.3, -0.25) is 5.32 Å². The summed E-state index contributed by atoms with van der Waals surface area (Å²) >= 11 is 0. The van der Waals surface area contributed by atoms with Crippen molar-refractivity contribution in [2.75, 3.05) is 19.6 Å². The molecule has 122 valence electrons. The molecule has 1 fully saturated rings. The summed E-state index contributed by atoms with van der Waals surface area (Å²) in [5, 5.41) is 12.7. The molecule has 21 heavy (non-hydrogen) atoms. The van der Waals surface area contributed by atoms with Crippen LogP contribution in [-0.4, -0.2) is 36.1 Å². The van der Waals surface area contributed by atoms with Gasteiger partial charge in [0.1, 0.15) is 5.54 Å². The maximum Gasteiger partial charge on any atom is 0.103 e. The first-order chi connectivity index (χ1) is 10.1. The predicted molar refractivity (Wildman–Crippen MR) is 90.3 cm³/mol. The molecule has 0 amide bonds. The van der Waals surface area contributed by atoms with Crippen molar-refractivity contribution in [3.8, 4) is 6.07 Å². The summed E-state index contributed by atoms with van der Waals surface area (Å²) in [5.74, 6) is 0. The number of hydrogen-bond acceptors (Lipinski definition) is 3. The lowest BCUT2D eigenvalue weighted by atomic mass is 9.93. The van der Waals surface area contributed by atoms with Gasteiger partial charge in [-0.1, -0.05) is 33.1 Å². The van der Waals surface area contributed by atoms with E-state index in [9.17, 15) is 5.26 Å². The van der Waals surface area contributed by atoms with Crippen LogP contribution < -0.4 is 5.32 Å². The Labute approximate surface area is 132 Å². The second-order valence-corrected chi connectivity index (χ2v) is 6.75. The van der Waals surface area contributed by atoms with Crippen LogP contribution in [0.25, 0.3) is 0 Å². The van der Waals surface area contributed by atoms with Crippen molar-refractivity contribution >= 4 is 0 Å². The molecule has 1 rings (SSSR count). The number of nitriles is 1. The molecule has 0 aliphatic heterocycles. The summed E-state index contributed by atoms with van der Waals surface area (Å²) in [6.45, 7) is 9.80. The van der Waals surface area contributed by atoms with Crippen LogP contribution in [-0.2, 0) is 0 Å². The van der Waals surface area contributed by atoms with E-state index in [-0.39, 0.29) is 5.54 Å². The van der Waals surface area contributed by atoms with Gasteiger partial charge in [0, 0.05) is 6.04 Å². The van der Waals surface area contributed by atoms with E-state index in [0.717, 1.165) is 31.8 Å². The van der Waals surface area contributed by atoms with E-state index in [4.69, 9.17) is 0 Å². The molecule has 0 radical (unpaired) electrons. The normalized spacial score (nSPS) is 19.4. The van der Waals surface area contributed by atoms with Crippen molar-refractivity contribution in [3.63, 3.8) is 0 Å². The van der Waals surface area contributed by atoms with Crippen molar-refractivity contribution in [3.05, 3.63) is 0 Å². The number of nitrogens with zero attached hydrogens (tertiary/aromatic N) is 2. The van der Waals surface area contributed by atoms with E-state index in [1.54, 1.807) is 0 Å². The Morgan fingerprint density at radius 3 is 2.48 bits per heavy atom. The first kappa shape index (κ1) is 18.5. The Morgan fingerprint density at radius 1 is 1.19 bits per heavy atom. The molecular weight excluding hydrogens is 258 g/mol. The van der Waals surface area contributed by atoms with Gasteiger partial charge in [0.15, 0.2) is 0 Å². The SMILES string of the molecule is CCCNC(C)(C#N)CCCCN(CC)C1CCCCC1. The minimum Gasteiger partial charge on any atom is -0.301 e. The lowest BCUT2D eigenvalue weighted by Gasteiger charge is -2.33. The molecule has 0 heterocycles. The molecule has 1 saturated carbocycles. The highest BCUT2D eigenvalue weighted by molar-refractivity contribution is 5.03. The zero-order valence-electron chi connectivity index (χ0n) is 14.5. The van der Waals surface area contributed by atoms with E-state index in [2.05, 4.69) is 30.1 Å². The van der Waals surface area contributed by atoms with E-state index in [1.165, 1.54) is 51.6 Å². The largest absolute Gasteiger partial charge is 0.301 e. The third kappa shape index (κ3) is 6.80. The molecule has 1 aliphatic carbocycles. The first-order valence-electron chi connectivity index (χ1n) is 9.05. The fraction of sp³-hybridized carbons (Fsp3) is 0.944. The molecule has 0 spiro atoms. The maximum absolute atomic E-state index is 9.35. The first-order valence-corrected chi connectivity index (χ1v) is 9.05. The number of nitrogens with one attached hydrogen (secondary N) is 1. The molecule has 1 unspecified atom stereocenters. The Balaban J connectivity index is 2.25. The van der Waals surface area contributed by atoms with Crippen LogP contribution >= 0.6 is 0 Å². The summed E-state index contributed by atoms with van der Waals surface area (Å²) in [6, 6.07) is 3.28. The average Bonchev–Trinajstić information content (AvgIpc) is 2.54. The average molecular weight is 293 g/mol. The van der Waals surface area contributed by atoms with Gasteiger partial charge >= 0.3 is 0 Å². The van der Waals surface area contributed by atoms with Gasteiger partial charge < -0.3 is 4.90 Å². The highest BCUT2D eigenvalue weighted by atomic mass is 15.1. The summed E-state index contributed by atoms with van der Waals surface area (Å²) in [5.41, 5.74) is -0.335. The van der Waals surface area contributed by atoms with Crippen LogP contribution in [0.1, 0.15) is 78.6 Å². The van der Waals surface area contributed by atoms with Crippen molar-refractivity contribution in [2.45, 2.75) is 90.1 Å². The molecule has 3 heteroatoms. The standard InChI is InChI=1S/C18H35N3/c1-4-14-20-18(3,16-19)13-9-10-15-21(5-2)17-11-7-6-8-12-17/h17,20H,4-15H2,1-3H3. The van der Waals surface area contributed by atoms with Gasteiger partial charge in [0.2, 0.25) is 0 Å². The van der Waals surface area contributed by atoms with Crippen LogP contribution in [0.2, 0.25) is 0 Å². The van der Waals surface area contributed by atoms with Crippen molar-refractivity contribution in [1.82, 2.24) is 10.2 Å². The number of hydrogen-bond donors (Lipinski definition) is 1. The summed E-state index contributed by atoms with van der Waals surface area (Å²) in [6.07, 6.45) is 11.4. The fourth-order valence-electron chi connectivity index (χ4n) is 3.42. The molecular formula is C18H35N3. The molecule has 0 bridgehead atoms. The quantitative estimate of drug-likeness (QED) is 0.617. The predicted octanol–water partition coefficient (Wildman–Crippen LogP) is 4.09. The van der Waals surface area contributed by atoms with Crippen LogP contribution in [0.4, 0.5) is 0 Å². The minimum absolute atomic E-state index is 0.335. The van der Waals surface area contributed by atoms with Gasteiger partial charge in [0.05, 0.1) is 6.07 Å². The summed E-state index contributed by atoms with van der Waals surface area (Å²) < 4.78 is 0. The summed E-state index contributed by atoms with van der Waals surface area (Å²) in [4.78, 5) is 2.67. The third-order valence-electron chi connectivity index (χ3n) is 4.88. The Kier molecular flexibility index (Phi) is 8.96. The highest BCUT2D eigenvalue weighted by Crippen LogP contribution is 2.23. The molecule has 0 aromatic rings. The zero-order chi connectivity index (χ0) is 15.6. The van der Waals surface area contributed by atoms with Gasteiger partial charge in [0.25, 0.3) is 0 Å².